The van der Waals surface area contributed by atoms with Crippen molar-refractivity contribution in [3.05, 3.63) is 119 Å². The summed E-state index contributed by atoms with van der Waals surface area (Å²) in [7, 11) is 0. The van der Waals surface area contributed by atoms with E-state index >= 15 is 0 Å². The minimum atomic E-state index is -4.75. The first-order valence-corrected chi connectivity index (χ1v) is 15.1. The Morgan fingerprint density at radius 1 is 0.938 bits per heavy atom. The van der Waals surface area contributed by atoms with Gasteiger partial charge in [0.2, 0.25) is 0 Å². The maximum atomic E-state index is 14.7. The summed E-state index contributed by atoms with van der Waals surface area (Å²) in [4.78, 5) is 14.5. The predicted molar refractivity (Wildman–Crippen MR) is 168 cm³/mol. The lowest BCUT2D eigenvalue weighted by atomic mass is 9.99. The number of aromatic nitrogens is 2. The number of carbonyl (C=O) groups excluding carboxylic acids is 1. The quantitative estimate of drug-likeness (QED) is 0.149. The smallest absolute Gasteiger partial charge is 0.396 e. The molecule has 4 aromatic carbocycles. The number of aliphatic hydroxyl groups is 1. The molecular weight excluding hydrogens is 634 g/mol. The highest BCUT2D eigenvalue weighted by Gasteiger charge is 2.35. The third-order valence-electron chi connectivity index (χ3n) is 8.15. The van der Waals surface area contributed by atoms with Crippen LogP contribution in [0.3, 0.4) is 0 Å². The molecule has 0 radical (unpaired) electrons. The van der Waals surface area contributed by atoms with E-state index in [-0.39, 0.29) is 29.6 Å². The van der Waals surface area contributed by atoms with Crippen LogP contribution in [0, 0.1) is 35.2 Å². The molecule has 246 valence electrons. The Balaban J connectivity index is 1.33. The minimum Gasteiger partial charge on any atom is -0.396 e. The highest BCUT2D eigenvalue weighted by Crippen LogP contribution is 2.38. The van der Waals surface area contributed by atoms with Crippen molar-refractivity contribution in [2.24, 2.45) is 5.92 Å². The number of fused-ring (bicyclic) bond motifs is 1. The molecule has 0 aliphatic carbocycles. The second-order valence-electron chi connectivity index (χ2n) is 11.5. The normalized spacial score (nSPS) is 14.9. The number of halogens is 6. The van der Waals surface area contributed by atoms with Crippen molar-refractivity contribution in [1.82, 2.24) is 14.7 Å². The van der Waals surface area contributed by atoms with Crippen LogP contribution in [0.5, 0.6) is 0 Å². The summed E-state index contributed by atoms with van der Waals surface area (Å²) in [5, 5.41) is 16.6. The Hall–Kier alpha value is -5.28. The van der Waals surface area contributed by atoms with E-state index in [1.165, 1.54) is 12.1 Å². The van der Waals surface area contributed by atoms with Crippen molar-refractivity contribution >= 4 is 22.6 Å². The Morgan fingerprint density at radius 3 is 2.33 bits per heavy atom. The van der Waals surface area contributed by atoms with E-state index in [1.807, 2.05) is 0 Å². The molecule has 1 atom stereocenters. The van der Waals surface area contributed by atoms with Crippen molar-refractivity contribution in [1.29, 1.82) is 0 Å². The molecule has 1 aliphatic rings. The maximum absolute atomic E-state index is 14.7. The van der Waals surface area contributed by atoms with E-state index < -0.39 is 46.8 Å². The van der Waals surface area contributed by atoms with E-state index in [2.05, 4.69) is 22.3 Å². The highest BCUT2D eigenvalue weighted by atomic mass is 19.4. The molecule has 6 rings (SSSR count). The lowest BCUT2D eigenvalue weighted by molar-refractivity contribution is -0.136. The van der Waals surface area contributed by atoms with Gasteiger partial charge in [-0.1, -0.05) is 42.2 Å². The molecule has 5 aromatic rings. The predicted octanol–water partition coefficient (Wildman–Crippen LogP) is 7.82. The largest absolute Gasteiger partial charge is 0.418 e. The van der Waals surface area contributed by atoms with Crippen LogP contribution in [0.1, 0.15) is 35.1 Å². The molecule has 1 aromatic heterocycles. The van der Waals surface area contributed by atoms with Crippen molar-refractivity contribution in [2.45, 2.75) is 25.6 Å². The molecule has 1 saturated heterocycles. The number of carbonyl (C=O) groups is 1. The van der Waals surface area contributed by atoms with Crippen molar-refractivity contribution in [3.63, 3.8) is 0 Å². The summed E-state index contributed by atoms with van der Waals surface area (Å²) in [5.41, 5.74) is 0.156. The van der Waals surface area contributed by atoms with Crippen LogP contribution in [-0.2, 0) is 12.7 Å². The molecular formula is C36H28F6N4O2. The average molecular weight is 663 g/mol. The standard InChI is InChI=1S/C36H28F6N4O2/c37-26-17-31(38)29(32(39)18-26)20-46-34(28-10-3-11-30(33(28)44-46)36(40,41)42)25-8-1-5-22(15-25)12-13-23-6-2-9-27(16-23)43-35(48)45-14-4-7-24(19-45)21-47/h1-3,5-6,8-11,15-18,24,47H,4,7,14,19-21H2,(H,43,48). The molecule has 2 amide bonds. The number of benzene rings is 4. The molecule has 1 unspecified atom stereocenters. The third-order valence-corrected chi connectivity index (χ3v) is 8.15. The van der Waals surface area contributed by atoms with E-state index in [0.717, 1.165) is 23.6 Å². The van der Waals surface area contributed by atoms with Crippen LogP contribution in [0.15, 0.2) is 78.9 Å². The number of amides is 2. The Morgan fingerprint density at radius 2 is 1.62 bits per heavy atom. The minimum absolute atomic E-state index is 0.0224. The van der Waals surface area contributed by atoms with Gasteiger partial charge in [-0.05, 0) is 55.2 Å². The summed E-state index contributed by atoms with van der Waals surface area (Å²) >= 11 is 0. The van der Waals surface area contributed by atoms with Gasteiger partial charge in [0.1, 0.15) is 23.0 Å². The van der Waals surface area contributed by atoms with E-state index in [4.69, 9.17) is 0 Å². The number of alkyl halides is 3. The fourth-order valence-corrected chi connectivity index (χ4v) is 5.84. The van der Waals surface area contributed by atoms with Crippen molar-refractivity contribution in [3.8, 4) is 23.1 Å². The number of rotatable bonds is 5. The van der Waals surface area contributed by atoms with Gasteiger partial charge in [0.05, 0.1) is 17.8 Å². The van der Waals surface area contributed by atoms with Crippen molar-refractivity contribution in [2.75, 3.05) is 25.0 Å². The number of nitrogens with zero attached hydrogens (tertiary/aromatic N) is 3. The van der Waals surface area contributed by atoms with Gasteiger partial charge >= 0.3 is 12.2 Å². The summed E-state index contributed by atoms with van der Waals surface area (Å²) in [6.07, 6.45) is -3.08. The first-order chi connectivity index (χ1) is 23.0. The third kappa shape index (κ3) is 7.01. The molecule has 48 heavy (non-hydrogen) atoms. The molecule has 1 fully saturated rings. The highest BCUT2D eigenvalue weighted by molar-refractivity contribution is 5.95. The molecule has 1 aliphatic heterocycles. The van der Waals surface area contributed by atoms with Crippen LogP contribution in [-0.4, -0.2) is 45.5 Å². The fourth-order valence-electron chi connectivity index (χ4n) is 5.84. The first-order valence-electron chi connectivity index (χ1n) is 15.1. The number of urea groups is 1. The van der Waals surface area contributed by atoms with Crippen molar-refractivity contribution < 1.29 is 36.2 Å². The molecule has 0 bridgehead atoms. The number of anilines is 1. The Bertz CT molecular complexity index is 2040. The van der Waals surface area contributed by atoms with Crippen LogP contribution < -0.4 is 5.32 Å². The number of piperidine rings is 1. The van der Waals surface area contributed by atoms with Crippen LogP contribution in [0.2, 0.25) is 0 Å². The molecule has 6 nitrogen and oxygen atoms in total. The van der Waals surface area contributed by atoms with Gasteiger partial charge < -0.3 is 15.3 Å². The summed E-state index contributed by atoms with van der Waals surface area (Å²) < 4.78 is 85.8. The molecule has 0 spiro atoms. The molecule has 0 saturated carbocycles. The fraction of sp³-hybridized carbons (Fsp3) is 0.222. The average Bonchev–Trinajstić information content (AvgIpc) is 3.43. The summed E-state index contributed by atoms with van der Waals surface area (Å²) in [5.74, 6) is 2.58. The Kier molecular flexibility index (Phi) is 9.15. The summed E-state index contributed by atoms with van der Waals surface area (Å²) in [6, 6.07) is 17.8. The van der Waals surface area contributed by atoms with E-state index in [1.54, 1.807) is 53.4 Å². The Labute approximate surface area is 271 Å². The lowest BCUT2D eigenvalue weighted by Gasteiger charge is -2.31. The number of nitrogens with one attached hydrogen (secondary N) is 1. The van der Waals surface area contributed by atoms with Crippen LogP contribution in [0.25, 0.3) is 22.2 Å². The topological polar surface area (TPSA) is 70.4 Å². The zero-order valence-corrected chi connectivity index (χ0v) is 25.3. The molecule has 2 N–H and O–H groups in total. The molecule has 12 heteroatoms. The second-order valence-corrected chi connectivity index (χ2v) is 11.5. The van der Waals surface area contributed by atoms with Gasteiger partial charge in [-0.3, -0.25) is 4.68 Å². The van der Waals surface area contributed by atoms with Gasteiger partial charge in [-0.2, -0.15) is 18.3 Å². The number of hydrogen-bond donors (Lipinski definition) is 2. The lowest BCUT2D eigenvalue weighted by Crippen LogP contribution is -2.43. The number of hydrogen-bond acceptors (Lipinski definition) is 3. The summed E-state index contributed by atoms with van der Waals surface area (Å²) in [6.45, 7) is 0.482. The van der Waals surface area contributed by atoms with Crippen LogP contribution in [0.4, 0.5) is 36.8 Å². The van der Waals surface area contributed by atoms with E-state index in [9.17, 15) is 36.2 Å². The number of likely N-dealkylation sites (tertiary alicyclic amines) is 1. The van der Waals surface area contributed by atoms with Gasteiger partial charge in [0, 0.05) is 65.2 Å². The maximum Gasteiger partial charge on any atom is 0.418 e. The monoisotopic (exact) mass is 662 g/mol. The number of aliphatic hydroxyl groups excluding tert-OH is 1. The van der Waals surface area contributed by atoms with Gasteiger partial charge in [-0.25, -0.2) is 18.0 Å². The first kappa shape index (κ1) is 32.7. The second kappa shape index (κ2) is 13.4. The van der Waals surface area contributed by atoms with Gasteiger partial charge in [0.15, 0.2) is 0 Å². The molecule has 2 heterocycles. The SMILES string of the molecule is O=C(Nc1cccc(C#Cc2cccc(-c3c4cccc(C(F)(F)F)c4nn3Cc3c(F)cc(F)cc3F)c2)c1)N1CCCC(CO)C1. The van der Waals surface area contributed by atoms with Gasteiger partial charge in [0.25, 0.3) is 0 Å². The zero-order valence-electron chi connectivity index (χ0n) is 25.3. The zero-order chi connectivity index (χ0) is 34.0. The van der Waals surface area contributed by atoms with Gasteiger partial charge in [-0.15, -0.1) is 0 Å². The van der Waals surface area contributed by atoms with E-state index in [0.29, 0.717) is 47.6 Å². The van der Waals surface area contributed by atoms with Crippen LogP contribution >= 0.6 is 0 Å².